The maximum Gasteiger partial charge on any atom is 0.134 e. The van der Waals surface area contributed by atoms with E-state index in [0.717, 1.165) is 34.7 Å². The quantitative estimate of drug-likeness (QED) is 0.777. The van der Waals surface area contributed by atoms with Gasteiger partial charge >= 0.3 is 0 Å². The van der Waals surface area contributed by atoms with Crippen LogP contribution in [0.5, 0.6) is 0 Å². The summed E-state index contributed by atoms with van der Waals surface area (Å²) in [4.78, 5) is 0. The van der Waals surface area contributed by atoms with Gasteiger partial charge in [0.15, 0.2) is 0 Å². The number of hydrogen-bond acceptors (Lipinski definition) is 2. The summed E-state index contributed by atoms with van der Waals surface area (Å²) in [6, 6.07) is 8.17. The zero-order chi connectivity index (χ0) is 9.54. The Morgan fingerprint density at radius 1 is 1.36 bits per heavy atom. The van der Waals surface area contributed by atoms with Gasteiger partial charge in [-0.05, 0) is 37.2 Å². The summed E-state index contributed by atoms with van der Waals surface area (Å²) in [6.45, 7) is 1.09. The minimum atomic E-state index is 0.404. The molecule has 0 radical (unpaired) electrons. The van der Waals surface area contributed by atoms with E-state index in [4.69, 9.17) is 16.0 Å². The lowest BCUT2D eigenvalue weighted by Crippen LogP contribution is -2.34. The van der Waals surface area contributed by atoms with E-state index in [-0.39, 0.29) is 0 Å². The lowest BCUT2D eigenvalue weighted by molar-refractivity contribution is 0.327. The van der Waals surface area contributed by atoms with Gasteiger partial charge in [-0.2, -0.15) is 0 Å². The summed E-state index contributed by atoms with van der Waals surface area (Å²) in [7, 11) is 0. The molecular weight excluding hydrogens is 198 g/mol. The highest BCUT2D eigenvalue weighted by molar-refractivity contribution is 6.31. The molecule has 2 aromatic rings. The lowest BCUT2D eigenvalue weighted by Gasteiger charge is -2.25. The highest BCUT2D eigenvalue weighted by Crippen LogP contribution is 2.30. The third kappa shape index (κ3) is 1.22. The van der Waals surface area contributed by atoms with Crippen molar-refractivity contribution in [3.63, 3.8) is 0 Å². The molecule has 14 heavy (non-hydrogen) atoms. The minimum Gasteiger partial charge on any atom is -0.459 e. The van der Waals surface area contributed by atoms with Crippen LogP contribution in [-0.4, -0.2) is 6.54 Å². The van der Waals surface area contributed by atoms with Crippen LogP contribution in [0, 0.1) is 0 Å². The molecule has 72 valence electrons. The second kappa shape index (κ2) is 3.01. The van der Waals surface area contributed by atoms with E-state index in [1.807, 2.05) is 18.2 Å². The summed E-state index contributed by atoms with van der Waals surface area (Å²) in [5.41, 5.74) is 0.915. The van der Waals surface area contributed by atoms with Crippen molar-refractivity contribution in [1.82, 2.24) is 5.32 Å². The molecule has 1 aromatic carbocycles. The van der Waals surface area contributed by atoms with E-state index in [9.17, 15) is 0 Å². The summed E-state index contributed by atoms with van der Waals surface area (Å²) in [5.74, 6) is 1.02. The summed E-state index contributed by atoms with van der Waals surface area (Å²) in [5, 5.41) is 5.15. The number of rotatable bonds is 1. The summed E-state index contributed by atoms with van der Waals surface area (Å²) >= 11 is 5.90. The number of furan rings is 1. The van der Waals surface area contributed by atoms with Crippen LogP contribution in [0.2, 0.25) is 5.02 Å². The first-order valence-electron chi connectivity index (χ1n) is 4.75. The number of nitrogens with one attached hydrogen (secondary N) is 1. The maximum absolute atomic E-state index is 5.90. The Balaban J connectivity index is 2.10. The number of benzene rings is 1. The van der Waals surface area contributed by atoms with Crippen LogP contribution in [0.1, 0.15) is 18.2 Å². The number of hydrogen-bond donors (Lipinski definition) is 1. The molecule has 1 N–H and O–H groups in total. The van der Waals surface area contributed by atoms with E-state index in [1.54, 1.807) is 0 Å². The molecule has 0 aliphatic carbocycles. The molecular formula is C11H10ClNO. The van der Waals surface area contributed by atoms with Crippen LogP contribution in [0.4, 0.5) is 0 Å². The Bertz CT molecular complexity index is 473. The van der Waals surface area contributed by atoms with Crippen molar-refractivity contribution in [1.29, 1.82) is 0 Å². The fourth-order valence-electron chi connectivity index (χ4n) is 1.74. The average Bonchev–Trinajstić information content (AvgIpc) is 2.43. The van der Waals surface area contributed by atoms with Crippen LogP contribution < -0.4 is 5.32 Å². The Kier molecular flexibility index (Phi) is 1.79. The van der Waals surface area contributed by atoms with Gasteiger partial charge in [0.2, 0.25) is 0 Å². The van der Waals surface area contributed by atoms with Crippen molar-refractivity contribution in [3.8, 4) is 0 Å². The van der Waals surface area contributed by atoms with Gasteiger partial charge in [-0.15, -0.1) is 0 Å². The lowest BCUT2D eigenvalue weighted by atomic mass is 10.0. The highest BCUT2D eigenvalue weighted by atomic mass is 35.5. The Morgan fingerprint density at radius 3 is 2.93 bits per heavy atom. The topological polar surface area (TPSA) is 25.2 Å². The zero-order valence-corrected chi connectivity index (χ0v) is 8.34. The van der Waals surface area contributed by atoms with Crippen LogP contribution in [0.15, 0.2) is 28.7 Å². The van der Waals surface area contributed by atoms with Crippen LogP contribution >= 0.6 is 11.6 Å². The normalized spacial score (nSPS) is 21.1. The first-order chi connectivity index (χ1) is 6.83. The van der Waals surface area contributed by atoms with Crippen molar-refractivity contribution in [2.24, 2.45) is 0 Å². The molecule has 3 rings (SSSR count). The molecule has 0 amide bonds. The second-order valence-electron chi connectivity index (χ2n) is 3.63. The van der Waals surface area contributed by atoms with E-state index in [1.165, 1.54) is 0 Å². The number of fused-ring (bicyclic) bond motifs is 1. The van der Waals surface area contributed by atoms with Gasteiger partial charge < -0.3 is 9.73 Å². The van der Waals surface area contributed by atoms with Gasteiger partial charge in [0.1, 0.15) is 11.3 Å². The average molecular weight is 208 g/mol. The van der Waals surface area contributed by atoms with E-state index in [2.05, 4.69) is 11.4 Å². The van der Waals surface area contributed by atoms with Crippen molar-refractivity contribution in [2.75, 3.05) is 6.54 Å². The Hall–Kier alpha value is -0.990. The van der Waals surface area contributed by atoms with Crippen molar-refractivity contribution in [3.05, 3.63) is 35.0 Å². The van der Waals surface area contributed by atoms with Gasteiger partial charge in [-0.3, -0.25) is 0 Å². The molecule has 2 heterocycles. The third-order valence-corrected chi connectivity index (χ3v) is 2.90. The van der Waals surface area contributed by atoms with Crippen LogP contribution in [0.3, 0.4) is 0 Å². The van der Waals surface area contributed by atoms with E-state index < -0.39 is 0 Å². The van der Waals surface area contributed by atoms with E-state index >= 15 is 0 Å². The smallest absolute Gasteiger partial charge is 0.134 e. The first-order valence-corrected chi connectivity index (χ1v) is 5.13. The molecule has 0 bridgehead atoms. The second-order valence-corrected chi connectivity index (χ2v) is 4.06. The Labute approximate surface area is 86.8 Å². The minimum absolute atomic E-state index is 0.404. The molecule has 1 saturated heterocycles. The van der Waals surface area contributed by atoms with E-state index in [0.29, 0.717) is 6.04 Å². The van der Waals surface area contributed by atoms with Gasteiger partial charge in [-0.25, -0.2) is 0 Å². The largest absolute Gasteiger partial charge is 0.459 e. The SMILES string of the molecule is Clc1ccc2oc([C@@H]3CCN3)cc2c1. The predicted molar refractivity (Wildman–Crippen MR) is 56.6 cm³/mol. The molecule has 1 aromatic heterocycles. The van der Waals surface area contributed by atoms with Crippen LogP contribution in [0.25, 0.3) is 11.0 Å². The fourth-order valence-corrected chi connectivity index (χ4v) is 1.92. The standard InChI is InChI=1S/C11H10ClNO/c12-8-1-2-10-7(5-8)6-11(14-10)9-3-4-13-9/h1-2,5-6,9,13H,3-4H2/t9-/m0/s1. The van der Waals surface area contributed by atoms with Gasteiger partial charge in [-0.1, -0.05) is 11.6 Å². The van der Waals surface area contributed by atoms with Gasteiger partial charge in [0.25, 0.3) is 0 Å². The van der Waals surface area contributed by atoms with Crippen molar-refractivity contribution in [2.45, 2.75) is 12.5 Å². The van der Waals surface area contributed by atoms with Gasteiger partial charge in [0.05, 0.1) is 6.04 Å². The third-order valence-electron chi connectivity index (χ3n) is 2.66. The van der Waals surface area contributed by atoms with Crippen LogP contribution in [-0.2, 0) is 0 Å². The molecule has 0 unspecified atom stereocenters. The predicted octanol–water partition coefficient (Wildman–Crippen LogP) is 3.12. The molecule has 2 nitrogen and oxygen atoms in total. The first kappa shape index (κ1) is 8.33. The summed E-state index contributed by atoms with van der Waals surface area (Å²) < 4.78 is 5.71. The molecule has 1 aliphatic rings. The number of halogens is 1. The molecule has 1 atom stereocenters. The molecule has 1 fully saturated rings. The van der Waals surface area contributed by atoms with Crippen molar-refractivity contribution < 1.29 is 4.42 Å². The summed E-state index contributed by atoms with van der Waals surface area (Å²) in [6.07, 6.45) is 1.16. The van der Waals surface area contributed by atoms with Crippen molar-refractivity contribution >= 4 is 22.6 Å². The molecule has 0 saturated carbocycles. The maximum atomic E-state index is 5.90. The molecule has 0 spiro atoms. The van der Waals surface area contributed by atoms with Gasteiger partial charge in [0, 0.05) is 10.4 Å². The molecule has 1 aliphatic heterocycles. The fraction of sp³-hybridized carbons (Fsp3) is 0.273. The molecule has 3 heteroatoms. The zero-order valence-electron chi connectivity index (χ0n) is 7.59. The Morgan fingerprint density at radius 2 is 2.21 bits per heavy atom. The highest BCUT2D eigenvalue weighted by Gasteiger charge is 2.22. The monoisotopic (exact) mass is 207 g/mol.